The molecule has 0 bridgehead atoms. The van der Waals surface area contributed by atoms with E-state index in [0.29, 0.717) is 11.5 Å². The second-order valence-corrected chi connectivity index (χ2v) is 6.82. The van der Waals surface area contributed by atoms with Crippen molar-refractivity contribution in [2.45, 2.75) is 19.5 Å². The minimum absolute atomic E-state index is 0.227. The zero-order valence-electron chi connectivity index (χ0n) is 16.6. The van der Waals surface area contributed by atoms with Crippen molar-refractivity contribution < 1.29 is 9.53 Å². The van der Waals surface area contributed by atoms with E-state index in [-0.39, 0.29) is 18.0 Å². The summed E-state index contributed by atoms with van der Waals surface area (Å²) in [4.78, 5) is 32.6. The Balaban J connectivity index is 1.50. The van der Waals surface area contributed by atoms with Crippen molar-refractivity contribution in [1.29, 1.82) is 0 Å². The Hall–Kier alpha value is -3.94. The van der Waals surface area contributed by atoms with Crippen LogP contribution < -0.4 is 15.6 Å². The van der Waals surface area contributed by atoms with E-state index in [2.05, 4.69) is 20.4 Å². The molecule has 2 aromatic heterocycles. The number of para-hydroxylation sites is 2. The number of aromatic nitrogens is 4. The summed E-state index contributed by atoms with van der Waals surface area (Å²) >= 11 is 0. The summed E-state index contributed by atoms with van der Waals surface area (Å²) in [5, 5.41) is 7.20. The summed E-state index contributed by atoms with van der Waals surface area (Å²) in [6, 6.07) is 17.2. The van der Waals surface area contributed by atoms with Gasteiger partial charge in [0.2, 0.25) is 5.91 Å². The van der Waals surface area contributed by atoms with Crippen LogP contribution in [0.25, 0.3) is 22.3 Å². The van der Waals surface area contributed by atoms with Crippen molar-refractivity contribution in [3.8, 4) is 17.0 Å². The molecule has 0 fully saturated rings. The number of imidazole rings is 1. The third kappa shape index (κ3) is 3.93. The summed E-state index contributed by atoms with van der Waals surface area (Å²) in [5.74, 6) is 1.05. The quantitative estimate of drug-likeness (QED) is 0.515. The highest BCUT2D eigenvalue weighted by Gasteiger charge is 2.18. The lowest BCUT2D eigenvalue weighted by Crippen LogP contribution is -2.36. The number of nitrogens with one attached hydrogen (secondary N) is 2. The number of rotatable bonds is 6. The number of nitrogens with zero attached hydrogens (tertiary/aromatic N) is 3. The highest BCUT2D eigenvalue weighted by Crippen LogP contribution is 2.20. The molecule has 1 unspecified atom stereocenters. The lowest BCUT2D eigenvalue weighted by molar-refractivity contribution is -0.124. The van der Waals surface area contributed by atoms with Gasteiger partial charge >= 0.3 is 0 Å². The van der Waals surface area contributed by atoms with Crippen molar-refractivity contribution in [2.24, 2.45) is 0 Å². The molecule has 0 aliphatic rings. The van der Waals surface area contributed by atoms with Crippen molar-refractivity contribution in [3.05, 3.63) is 76.8 Å². The molecule has 4 aromatic rings. The summed E-state index contributed by atoms with van der Waals surface area (Å²) in [7, 11) is 1.60. The van der Waals surface area contributed by atoms with Crippen LogP contribution in [0.5, 0.6) is 5.75 Å². The third-order valence-electron chi connectivity index (χ3n) is 4.83. The van der Waals surface area contributed by atoms with Crippen LogP contribution in [0.2, 0.25) is 0 Å². The standard InChI is InChI=1S/C22H21N5O3/c1-14(22(29)23-13-20-24-18-5-3-4-6-19(18)25-20)27-21(28)12-11-17(26-27)15-7-9-16(30-2)10-8-15/h3-12,14H,13H2,1-2H3,(H,23,29)(H,24,25). The zero-order chi connectivity index (χ0) is 21.1. The minimum Gasteiger partial charge on any atom is -0.497 e. The largest absolute Gasteiger partial charge is 0.497 e. The molecule has 0 spiro atoms. The molecule has 8 nitrogen and oxygen atoms in total. The number of amides is 1. The lowest BCUT2D eigenvalue weighted by atomic mass is 10.1. The predicted octanol–water partition coefficient (Wildman–Crippen LogP) is 2.67. The Bertz CT molecular complexity index is 1210. The first kappa shape index (κ1) is 19.4. The molecule has 2 N–H and O–H groups in total. The van der Waals surface area contributed by atoms with E-state index < -0.39 is 6.04 Å². The van der Waals surface area contributed by atoms with Crippen LogP contribution in [-0.4, -0.2) is 32.8 Å². The highest BCUT2D eigenvalue weighted by atomic mass is 16.5. The van der Waals surface area contributed by atoms with E-state index in [0.717, 1.165) is 22.3 Å². The van der Waals surface area contributed by atoms with Crippen molar-refractivity contribution >= 4 is 16.9 Å². The highest BCUT2D eigenvalue weighted by molar-refractivity contribution is 5.80. The fourth-order valence-electron chi connectivity index (χ4n) is 3.14. The minimum atomic E-state index is -0.778. The zero-order valence-corrected chi connectivity index (χ0v) is 16.6. The number of ether oxygens (including phenoxy) is 1. The van der Waals surface area contributed by atoms with E-state index >= 15 is 0 Å². The molecule has 0 saturated heterocycles. The molecule has 1 atom stereocenters. The van der Waals surface area contributed by atoms with Crippen molar-refractivity contribution in [1.82, 2.24) is 25.1 Å². The maximum absolute atomic E-state index is 12.6. The van der Waals surface area contributed by atoms with Gasteiger partial charge in [0.1, 0.15) is 17.6 Å². The topological polar surface area (TPSA) is 102 Å². The average Bonchev–Trinajstić information content (AvgIpc) is 3.20. The molecule has 152 valence electrons. The predicted molar refractivity (Wildman–Crippen MR) is 113 cm³/mol. The Morgan fingerprint density at radius 2 is 1.90 bits per heavy atom. The van der Waals surface area contributed by atoms with Crippen LogP contribution in [-0.2, 0) is 11.3 Å². The van der Waals surface area contributed by atoms with Gasteiger partial charge < -0.3 is 15.0 Å². The van der Waals surface area contributed by atoms with E-state index in [9.17, 15) is 9.59 Å². The van der Waals surface area contributed by atoms with Gasteiger partial charge in [-0.2, -0.15) is 5.10 Å². The third-order valence-corrected chi connectivity index (χ3v) is 4.83. The molecule has 0 aliphatic carbocycles. The summed E-state index contributed by atoms with van der Waals surface area (Å²) in [5.41, 5.74) is 2.80. The Morgan fingerprint density at radius 3 is 2.63 bits per heavy atom. The first-order valence-corrected chi connectivity index (χ1v) is 9.51. The molecule has 2 heterocycles. The number of aromatic amines is 1. The molecule has 4 rings (SSSR count). The van der Waals surface area contributed by atoms with Gasteiger partial charge in [0.15, 0.2) is 0 Å². The average molecular weight is 403 g/mol. The summed E-state index contributed by atoms with van der Waals surface area (Å²) < 4.78 is 6.35. The van der Waals surface area contributed by atoms with Crippen molar-refractivity contribution in [2.75, 3.05) is 7.11 Å². The molecular formula is C22H21N5O3. The Kier molecular flexibility index (Phi) is 5.30. The van der Waals surface area contributed by atoms with Crippen LogP contribution in [0.4, 0.5) is 0 Å². The Morgan fingerprint density at radius 1 is 1.13 bits per heavy atom. The Labute approximate surface area is 172 Å². The van der Waals surface area contributed by atoms with Crippen LogP contribution in [0.3, 0.4) is 0 Å². The number of methoxy groups -OCH3 is 1. The van der Waals surface area contributed by atoms with Crippen LogP contribution >= 0.6 is 0 Å². The second kappa shape index (κ2) is 8.20. The molecule has 0 saturated carbocycles. The molecule has 30 heavy (non-hydrogen) atoms. The molecule has 0 radical (unpaired) electrons. The van der Waals surface area contributed by atoms with Gasteiger partial charge in [0.25, 0.3) is 5.56 Å². The van der Waals surface area contributed by atoms with Gasteiger partial charge in [-0.3, -0.25) is 9.59 Å². The SMILES string of the molecule is COc1ccc(-c2ccc(=O)n(C(C)C(=O)NCc3nc4ccccc4[nH]3)n2)cc1. The van der Waals surface area contributed by atoms with Gasteiger partial charge in [-0.1, -0.05) is 12.1 Å². The second-order valence-electron chi connectivity index (χ2n) is 6.82. The number of benzene rings is 2. The smallest absolute Gasteiger partial charge is 0.267 e. The maximum atomic E-state index is 12.6. The van der Waals surface area contributed by atoms with E-state index in [1.54, 1.807) is 20.1 Å². The fourth-order valence-corrected chi connectivity index (χ4v) is 3.14. The first-order chi connectivity index (χ1) is 14.5. The maximum Gasteiger partial charge on any atom is 0.267 e. The van der Waals surface area contributed by atoms with Gasteiger partial charge in [-0.15, -0.1) is 0 Å². The van der Waals surface area contributed by atoms with E-state index in [4.69, 9.17) is 4.74 Å². The monoisotopic (exact) mass is 403 g/mol. The molecule has 0 aliphatic heterocycles. The number of H-pyrrole nitrogens is 1. The van der Waals surface area contributed by atoms with Crippen LogP contribution in [0.15, 0.2) is 65.5 Å². The molecule has 1 amide bonds. The normalized spacial score (nSPS) is 11.9. The van der Waals surface area contributed by atoms with Gasteiger partial charge in [-0.05, 0) is 49.4 Å². The van der Waals surface area contributed by atoms with Gasteiger partial charge in [0.05, 0.1) is 30.4 Å². The van der Waals surface area contributed by atoms with E-state index in [1.807, 2.05) is 48.5 Å². The van der Waals surface area contributed by atoms with Crippen LogP contribution in [0.1, 0.15) is 18.8 Å². The van der Waals surface area contributed by atoms with Crippen molar-refractivity contribution in [3.63, 3.8) is 0 Å². The van der Waals surface area contributed by atoms with Crippen LogP contribution in [0, 0.1) is 0 Å². The fraction of sp³-hybridized carbons (Fsp3) is 0.182. The lowest BCUT2D eigenvalue weighted by Gasteiger charge is -2.14. The van der Waals surface area contributed by atoms with E-state index in [1.165, 1.54) is 10.7 Å². The molecule has 2 aromatic carbocycles. The molecular weight excluding hydrogens is 382 g/mol. The number of carbonyl (C=O) groups is 1. The summed E-state index contributed by atoms with van der Waals surface area (Å²) in [6.07, 6.45) is 0. The summed E-state index contributed by atoms with van der Waals surface area (Å²) in [6.45, 7) is 1.87. The number of fused-ring (bicyclic) bond motifs is 1. The number of hydrogen-bond acceptors (Lipinski definition) is 5. The molecule has 8 heteroatoms. The number of carbonyl (C=O) groups excluding carboxylic acids is 1. The first-order valence-electron chi connectivity index (χ1n) is 9.51. The van der Waals surface area contributed by atoms with Gasteiger partial charge in [0, 0.05) is 11.6 Å². The number of hydrogen-bond donors (Lipinski definition) is 2. The van der Waals surface area contributed by atoms with Gasteiger partial charge in [-0.25, -0.2) is 9.67 Å².